The fourth-order valence-corrected chi connectivity index (χ4v) is 6.26. The number of methoxy groups -OCH3 is 1. The van der Waals surface area contributed by atoms with E-state index in [-0.39, 0.29) is 0 Å². The van der Waals surface area contributed by atoms with Crippen molar-refractivity contribution in [3.63, 3.8) is 0 Å². The second-order valence-electron chi connectivity index (χ2n) is 7.47. The molecule has 2 aromatic heterocycles. The molecule has 158 valence electrons. The van der Waals surface area contributed by atoms with Crippen molar-refractivity contribution >= 4 is 27.0 Å². The molecule has 2 aliphatic rings. The van der Waals surface area contributed by atoms with E-state index < -0.39 is 10.0 Å². The average Bonchev–Trinajstić information content (AvgIpc) is 3.29. The SMILES string of the molecule is COc1ccc(N2CCN(S(=O)(=O)c3cc(-c4noc(C5CC5)n4)cs3)CC2)cc1. The van der Waals surface area contributed by atoms with Gasteiger partial charge in [-0.15, -0.1) is 11.3 Å². The molecule has 0 unspecified atom stereocenters. The molecule has 0 radical (unpaired) electrons. The van der Waals surface area contributed by atoms with Crippen LogP contribution in [0.5, 0.6) is 5.75 Å². The number of sulfonamides is 1. The van der Waals surface area contributed by atoms with Gasteiger partial charge in [-0.25, -0.2) is 8.42 Å². The first-order chi connectivity index (χ1) is 14.5. The molecule has 1 saturated carbocycles. The van der Waals surface area contributed by atoms with Gasteiger partial charge in [0.2, 0.25) is 11.7 Å². The molecular formula is C20H22N4O4S2. The van der Waals surface area contributed by atoms with Gasteiger partial charge in [0.15, 0.2) is 0 Å². The summed E-state index contributed by atoms with van der Waals surface area (Å²) in [5.74, 6) is 2.28. The number of aromatic nitrogens is 2. The number of ether oxygens (including phenoxy) is 1. The second-order valence-corrected chi connectivity index (χ2v) is 10.6. The summed E-state index contributed by atoms with van der Waals surface area (Å²) in [7, 11) is -1.91. The highest BCUT2D eigenvalue weighted by molar-refractivity contribution is 7.91. The Morgan fingerprint density at radius 3 is 2.53 bits per heavy atom. The third-order valence-electron chi connectivity index (χ3n) is 5.47. The summed E-state index contributed by atoms with van der Waals surface area (Å²) in [6, 6.07) is 9.47. The summed E-state index contributed by atoms with van der Waals surface area (Å²) in [5.41, 5.74) is 1.75. The van der Waals surface area contributed by atoms with Gasteiger partial charge in [0.25, 0.3) is 10.0 Å². The standard InChI is InChI=1S/C20H22N4O4S2/c1-27-17-6-4-16(5-7-17)23-8-10-24(11-9-23)30(25,26)18-12-15(13-29-18)19-21-20(28-22-19)14-2-3-14/h4-7,12-14H,2-3,8-11H2,1H3. The number of hydrogen-bond acceptors (Lipinski definition) is 8. The van der Waals surface area contributed by atoms with Gasteiger partial charge in [-0.1, -0.05) is 5.16 Å². The lowest BCUT2D eigenvalue weighted by molar-refractivity contribution is 0.380. The van der Waals surface area contributed by atoms with Crippen molar-refractivity contribution < 1.29 is 17.7 Å². The lowest BCUT2D eigenvalue weighted by Gasteiger charge is -2.35. The molecule has 1 aliphatic carbocycles. The van der Waals surface area contributed by atoms with E-state index in [1.807, 2.05) is 24.3 Å². The quantitative estimate of drug-likeness (QED) is 0.574. The van der Waals surface area contributed by atoms with Gasteiger partial charge >= 0.3 is 0 Å². The number of piperazine rings is 1. The Morgan fingerprint density at radius 1 is 1.13 bits per heavy atom. The first-order valence-electron chi connectivity index (χ1n) is 9.86. The lowest BCUT2D eigenvalue weighted by Crippen LogP contribution is -2.48. The predicted molar refractivity (Wildman–Crippen MR) is 114 cm³/mol. The predicted octanol–water partition coefficient (Wildman–Crippen LogP) is 3.20. The maximum atomic E-state index is 13.1. The van der Waals surface area contributed by atoms with Crippen LogP contribution in [0.2, 0.25) is 0 Å². The maximum absolute atomic E-state index is 13.1. The van der Waals surface area contributed by atoms with Crippen LogP contribution in [0.25, 0.3) is 11.4 Å². The van der Waals surface area contributed by atoms with Gasteiger partial charge in [-0.05, 0) is 43.2 Å². The topological polar surface area (TPSA) is 88.8 Å². The summed E-state index contributed by atoms with van der Waals surface area (Å²) < 4.78 is 38.6. The molecule has 0 N–H and O–H groups in total. The Hall–Kier alpha value is -2.43. The minimum atomic E-state index is -3.54. The van der Waals surface area contributed by atoms with Gasteiger partial charge in [-0.3, -0.25) is 0 Å². The summed E-state index contributed by atoms with van der Waals surface area (Å²) in [6.45, 7) is 2.16. The van der Waals surface area contributed by atoms with E-state index >= 15 is 0 Å². The van der Waals surface area contributed by atoms with E-state index in [9.17, 15) is 8.42 Å². The van der Waals surface area contributed by atoms with Gasteiger partial charge in [0.1, 0.15) is 9.96 Å². The molecule has 1 saturated heterocycles. The molecule has 2 fully saturated rings. The molecule has 0 atom stereocenters. The van der Waals surface area contributed by atoms with Crippen LogP contribution in [0, 0.1) is 0 Å². The van der Waals surface area contributed by atoms with Gasteiger partial charge < -0.3 is 14.2 Å². The lowest BCUT2D eigenvalue weighted by atomic mass is 10.2. The fourth-order valence-electron chi connectivity index (χ4n) is 3.52. The van der Waals surface area contributed by atoms with Crippen LogP contribution < -0.4 is 9.64 Å². The molecule has 0 amide bonds. The minimum Gasteiger partial charge on any atom is -0.497 e. The molecule has 1 aliphatic heterocycles. The summed E-state index contributed by atoms with van der Waals surface area (Å²) in [4.78, 5) is 6.60. The van der Waals surface area contributed by atoms with Crippen molar-refractivity contribution in [2.24, 2.45) is 0 Å². The molecule has 3 aromatic rings. The monoisotopic (exact) mass is 446 g/mol. The maximum Gasteiger partial charge on any atom is 0.252 e. The zero-order valence-electron chi connectivity index (χ0n) is 16.5. The van der Waals surface area contributed by atoms with Crippen molar-refractivity contribution in [1.82, 2.24) is 14.4 Å². The Kier molecular flexibility index (Phi) is 5.00. The molecule has 3 heterocycles. The van der Waals surface area contributed by atoms with Crippen molar-refractivity contribution in [3.8, 4) is 17.1 Å². The van der Waals surface area contributed by atoms with Crippen LogP contribution in [0.3, 0.4) is 0 Å². The first kappa shape index (κ1) is 19.5. The van der Waals surface area contributed by atoms with Crippen LogP contribution in [0.15, 0.2) is 44.4 Å². The van der Waals surface area contributed by atoms with Crippen LogP contribution >= 0.6 is 11.3 Å². The molecule has 1 aromatic carbocycles. The number of hydrogen-bond donors (Lipinski definition) is 0. The Bertz CT molecular complexity index is 1130. The average molecular weight is 447 g/mol. The van der Waals surface area contributed by atoms with E-state index in [4.69, 9.17) is 9.26 Å². The van der Waals surface area contributed by atoms with E-state index in [2.05, 4.69) is 15.0 Å². The highest BCUT2D eigenvalue weighted by Gasteiger charge is 2.32. The van der Waals surface area contributed by atoms with E-state index in [0.29, 0.717) is 53.6 Å². The third-order valence-corrected chi connectivity index (χ3v) is 8.79. The smallest absolute Gasteiger partial charge is 0.252 e. The van der Waals surface area contributed by atoms with Gasteiger partial charge in [0, 0.05) is 48.7 Å². The molecular weight excluding hydrogens is 424 g/mol. The van der Waals surface area contributed by atoms with Crippen LogP contribution in [0.1, 0.15) is 24.7 Å². The molecule has 0 bridgehead atoms. The number of nitrogens with zero attached hydrogens (tertiary/aromatic N) is 4. The Morgan fingerprint density at radius 2 is 1.87 bits per heavy atom. The molecule has 30 heavy (non-hydrogen) atoms. The summed E-state index contributed by atoms with van der Waals surface area (Å²) >= 11 is 1.20. The van der Waals surface area contributed by atoms with Gasteiger partial charge in [-0.2, -0.15) is 9.29 Å². The van der Waals surface area contributed by atoms with Crippen LogP contribution in [-0.2, 0) is 10.0 Å². The molecule has 5 rings (SSSR count). The number of anilines is 1. The minimum absolute atomic E-state index is 0.313. The molecule has 0 spiro atoms. The van der Waals surface area contributed by atoms with Crippen molar-refractivity contribution in [3.05, 3.63) is 41.6 Å². The van der Waals surface area contributed by atoms with E-state index in [0.717, 1.165) is 24.3 Å². The summed E-state index contributed by atoms with van der Waals surface area (Å²) in [5, 5.41) is 5.79. The Balaban J connectivity index is 1.27. The zero-order chi connectivity index (χ0) is 20.7. The molecule has 8 nitrogen and oxygen atoms in total. The van der Waals surface area contributed by atoms with E-state index in [1.54, 1.807) is 22.9 Å². The van der Waals surface area contributed by atoms with Crippen molar-refractivity contribution in [1.29, 1.82) is 0 Å². The number of thiophene rings is 1. The Labute approximate surface area is 179 Å². The highest BCUT2D eigenvalue weighted by Crippen LogP contribution is 2.40. The normalized spacial score (nSPS) is 18.0. The molecule has 10 heteroatoms. The second kappa shape index (κ2) is 7.68. The first-order valence-corrected chi connectivity index (χ1v) is 12.2. The fraction of sp³-hybridized carbons (Fsp3) is 0.400. The number of rotatable bonds is 6. The zero-order valence-corrected chi connectivity index (χ0v) is 18.2. The largest absolute Gasteiger partial charge is 0.497 e. The number of benzene rings is 1. The van der Waals surface area contributed by atoms with Crippen LogP contribution in [-0.4, -0.2) is 56.2 Å². The van der Waals surface area contributed by atoms with Crippen molar-refractivity contribution in [2.75, 3.05) is 38.2 Å². The van der Waals surface area contributed by atoms with Gasteiger partial charge in [0.05, 0.1) is 7.11 Å². The highest BCUT2D eigenvalue weighted by atomic mass is 32.2. The summed E-state index contributed by atoms with van der Waals surface area (Å²) in [6.07, 6.45) is 2.15. The third kappa shape index (κ3) is 3.70. The van der Waals surface area contributed by atoms with Crippen molar-refractivity contribution in [2.45, 2.75) is 23.0 Å². The van der Waals surface area contributed by atoms with Crippen LogP contribution in [0.4, 0.5) is 5.69 Å². The van der Waals surface area contributed by atoms with E-state index in [1.165, 1.54) is 11.3 Å².